The average molecular weight is 251 g/mol. The van der Waals surface area contributed by atoms with Crippen molar-refractivity contribution in [2.75, 3.05) is 7.05 Å². The fraction of sp³-hybridized carbons (Fsp3) is 0.615. The topological polar surface area (TPSA) is 40.5 Å². The maximum absolute atomic E-state index is 12.2. The Kier molecular flexibility index (Phi) is 2.81. The summed E-state index contributed by atoms with van der Waals surface area (Å²) >= 11 is 1.53. The third-order valence-corrected chi connectivity index (χ3v) is 5.24. The third kappa shape index (κ3) is 1.75. The SMILES string of the molecule is CN1[C@H]2CC[C@@H]1[C@@H]([C@H](O)c1cccs1)C(=O)C2. The molecule has 0 radical (unpaired) electrons. The number of ketones is 1. The molecule has 2 bridgehead atoms. The molecule has 2 fully saturated rings. The van der Waals surface area contributed by atoms with E-state index in [0.717, 1.165) is 17.7 Å². The Labute approximate surface area is 105 Å². The van der Waals surface area contributed by atoms with Gasteiger partial charge in [-0.2, -0.15) is 0 Å². The maximum atomic E-state index is 12.2. The molecule has 1 N–H and O–H groups in total. The number of aliphatic hydroxyl groups is 1. The van der Waals surface area contributed by atoms with Crippen LogP contribution in [0.5, 0.6) is 0 Å². The smallest absolute Gasteiger partial charge is 0.142 e. The van der Waals surface area contributed by atoms with Crippen LogP contribution in [-0.2, 0) is 4.79 Å². The van der Waals surface area contributed by atoms with Crippen LogP contribution in [0.2, 0.25) is 0 Å². The number of carbonyl (C=O) groups excluding carboxylic acids is 1. The molecular formula is C13H17NO2S. The van der Waals surface area contributed by atoms with E-state index in [0.29, 0.717) is 12.5 Å². The molecule has 3 rings (SSSR count). The second kappa shape index (κ2) is 4.19. The molecular weight excluding hydrogens is 234 g/mol. The van der Waals surface area contributed by atoms with Crippen LogP contribution in [0.25, 0.3) is 0 Å². The zero-order valence-electron chi connectivity index (χ0n) is 9.87. The van der Waals surface area contributed by atoms with Crippen LogP contribution in [0.3, 0.4) is 0 Å². The van der Waals surface area contributed by atoms with Gasteiger partial charge in [0.05, 0.1) is 12.0 Å². The molecule has 4 heteroatoms. The second-order valence-corrected chi connectivity index (χ2v) is 6.10. The van der Waals surface area contributed by atoms with Gasteiger partial charge in [-0.1, -0.05) is 6.07 Å². The van der Waals surface area contributed by atoms with Crippen molar-refractivity contribution < 1.29 is 9.90 Å². The largest absolute Gasteiger partial charge is 0.387 e. The van der Waals surface area contributed by atoms with Crippen molar-refractivity contribution in [2.24, 2.45) is 5.92 Å². The summed E-state index contributed by atoms with van der Waals surface area (Å²) in [4.78, 5) is 15.4. The van der Waals surface area contributed by atoms with Gasteiger partial charge in [0.2, 0.25) is 0 Å². The van der Waals surface area contributed by atoms with Crippen molar-refractivity contribution in [1.29, 1.82) is 0 Å². The number of fused-ring (bicyclic) bond motifs is 2. The van der Waals surface area contributed by atoms with Crippen LogP contribution >= 0.6 is 11.3 Å². The van der Waals surface area contributed by atoms with E-state index >= 15 is 0 Å². The van der Waals surface area contributed by atoms with E-state index in [2.05, 4.69) is 11.9 Å². The highest BCUT2D eigenvalue weighted by Crippen LogP contribution is 2.42. The van der Waals surface area contributed by atoms with Crippen molar-refractivity contribution in [3.63, 3.8) is 0 Å². The number of thiophene rings is 1. The summed E-state index contributed by atoms with van der Waals surface area (Å²) in [6, 6.07) is 4.50. The maximum Gasteiger partial charge on any atom is 0.142 e. The van der Waals surface area contributed by atoms with E-state index in [1.807, 2.05) is 17.5 Å². The van der Waals surface area contributed by atoms with Crippen LogP contribution in [0.1, 0.15) is 30.2 Å². The summed E-state index contributed by atoms with van der Waals surface area (Å²) in [5.41, 5.74) is 0. The summed E-state index contributed by atoms with van der Waals surface area (Å²) in [6.07, 6.45) is 2.13. The lowest BCUT2D eigenvalue weighted by Crippen LogP contribution is -2.49. The Morgan fingerprint density at radius 3 is 3.06 bits per heavy atom. The molecule has 0 spiro atoms. The van der Waals surface area contributed by atoms with E-state index in [1.54, 1.807) is 0 Å². The summed E-state index contributed by atoms with van der Waals surface area (Å²) in [6.45, 7) is 0. The first kappa shape index (κ1) is 11.4. The molecule has 1 aromatic heterocycles. The number of rotatable bonds is 2. The van der Waals surface area contributed by atoms with Crippen molar-refractivity contribution in [2.45, 2.75) is 37.5 Å². The van der Waals surface area contributed by atoms with Crippen LogP contribution in [0, 0.1) is 5.92 Å². The van der Waals surface area contributed by atoms with Crippen LogP contribution < -0.4 is 0 Å². The molecule has 92 valence electrons. The predicted molar refractivity (Wildman–Crippen MR) is 67.0 cm³/mol. The highest BCUT2D eigenvalue weighted by atomic mass is 32.1. The van der Waals surface area contributed by atoms with Crippen molar-refractivity contribution in [1.82, 2.24) is 4.90 Å². The number of piperidine rings is 1. The minimum absolute atomic E-state index is 0.225. The quantitative estimate of drug-likeness (QED) is 0.872. The van der Waals surface area contributed by atoms with Gasteiger partial charge in [-0.05, 0) is 31.3 Å². The van der Waals surface area contributed by atoms with Gasteiger partial charge in [-0.3, -0.25) is 9.69 Å². The Balaban J connectivity index is 1.88. The summed E-state index contributed by atoms with van der Waals surface area (Å²) < 4.78 is 0. The standard InChI is InChI=1S/C13H17NO2S/c1-14-8-4-5-9(14)12(10(15)7-8)13(16)11-3-2-6-17-11/h2-3,6,8-9,12-13,16H,4-5,7H2,1H3/t8-,9+,12+,13+/m0/s1. The van der Waals surface area contributed by atoms with Gasteiger partial charge in [0.15, 0.2) is 0 Å². The fourth-order valence-corrected chi connectivity index (χ4v) is 4.08. The molecule has 0 aromatic carbocycles. The van der Waals surface area contributed by atoms with Gasteiger partial charge in [0, 0.05) is 23.4 Å². The molecule has 0 amide bonds. The molecule has 2 aliphatic rings. The highest BCUT2D eigenvalue weighted by Gasteiger charge is 2.48. The minimum atomic E-state index is -0.617. The number of hydrogen-bond donors (Lipinski definition) is 1. The monoisotopic (exact) mass is 251 g/mol. The molecule has 17 heavy (non-hydrogen) atoms. The Morgan fingerprint density at radius 2 is 2.35 bits per heavy atom. The molecule has 2 aliphatic heterocycles. The lowest BCUT2D eigenvalue weighted by Gasteiger charge is -2.38. The number of hydrogen-bond acceptors (Lipinski definition) is 4. The van der Waals surface area contributed by atoms with E-state index in [1.165, 1.54) is 11.3 Å². The van der Waals surface area contributed by atoms with Gasteiger partial charge < -0.3 is 5.11 Å². The van der Waals surface area contributed by atoms with Crippen LogP contribution in [0.4, 0.5) is 0 Å². The predicted octanol–water partition coefficient (Wildman–Crippen LogP) is 1.83. The van der Waals surface area contributed by atoms with E-state index in [4.69, 9.17) is 0 Å². The van der Waals surface area contributed by atoms with E-state index in [-0.39, 0.29) is 17.7 Å². The average Bonchev–Trinajstić information content (AvgIpc) is 2.89. The van der Waals surface area contributed by atoms with E-state index in [9.17, 15) is 9.90 Å². The molecule has 4 atom stereocenters. The lowest BCUT2D eigenvalue weighted by molar-refractivity contribution is -0.134. The van der Waals surface area contributed by atoms with Gasteiger partial charge in [0.1, 0.15) is 5.78 Å². The first-order valence-corrected chi connectivity index (χ1v) is 7.02. The fourth-order valence-electron chi connectivity index (χ4n) is 3.33. The lowest BCUT2D eigenvalue weighted by atomic mass is 9.84. The number of Topliss-reactive ketones (excluding diaryl/α,β-unsaturated/α-hetero) is 1. The molecule has 0 unspecified atom stereocenters. The van der Waals surface area contributed by atoms with Gasteiger partial charge in [-0.15, -0.1) is 11.3 Å². The normalized spacial score (nSPS) is 35.2. The number of nitrogens with zero attached hydrogens (tertiary/aromatic N) is 1. The minimum Gasteiger partial charge on any atom is -0.387 e. The summed E-state index contributed by atoms with van der Waals surface area (Å²) in [7, 11) is 2.09. The zero-order chi connectivity index (χ0) is 12.0. The van der Waals surface area contributed by atoms with Crippen LogP contribution in [-0.4, -0.2) is 34.9 Å². The summed E-state index contributed by atoms with van der Waals surface area (Å²) in [5.74, 6) is 0.0221. The number of carbonyl (C=O) groups is 1. The van der Waals surface area contributed by atoms with Gasteiger partial charge in [-0.25, -0.2) is 0 Å². The van der Waals surface area contributed by atoms with Crippen molar-refractivity contribution in [3.8, 4) is 0 Å². The third-order valence-electron chi connectivity index (χ3n) is 4.29. The molecule has 0 saturated carbocycles. The molecule has 3 heterocycles. The molecule has 0 aliphatic carbocycles. The van der Waals surface area contributed by atoms with Crippen molar-refractivity contribution >= 4 is 17.1 Å². The summed E-state index contributed by atoms with van der Waals surface area (Å²) in [5, 5.41) is 12.4. The Bertz CT molecular complexity index is 417. The molecule has 2 saturated heterocycles. The zero-order valence-corrected chi connectivity index (χ0v) is 10.7. The first-order chi connectivity index (χ1) is 8.18. The van der Waals surface area contributed by atoms with Gasteiger partial charge >= 0.3 is 0 Å². The highest BCUT2D eigenvalue weighted by molar-refractivity contribution is 7.10. The van der Waals surface area contributed by atoms with Crippen molar-refractivity contribution in [3.05, 3.63) is 22.4 Å². The number of aliphatic hydroxyl groups excluding tert-OH is 1. The molecule has 1 aromatic rings. The first-order valence-electron chi connectivity index (χ1n) is 6.14. The molecule has 3 nitrogen and oxygen atoms in total. The van der Waals surface area contributed by atoms with E-state index < -0.39 is 6.10 Å². The second-order valence-electron chi connectivity index (χ2n) is 5.12. The Morgan fingerprint density at radius 1 is 1.53 bits per heavy atom. The van der Waals surface area contributed by atoms with Gasteiger partial charge in [0.25, 0.3) is 0 Å². The van der Waals surface area contributed by atoms with Crippen LogP contribution in [0.15, 0.2) is 17.5 Å². The Hall–Kier alpha value is -0.710.